The Kier molecular flexibility index (Phi) is 3.95. The summed E-state index contributed by atoms with van der Waals surface area (Å²) < 4.78 is 0. The number of hydrogen-bond donors (Lipinski definition) is 1. The Labute approximate surface area is 120 Å². The van der Waals surface area contributed by atoms with Crippen molar-refractivity contribution in [1.82, 2.24) is 9.97 Å². The highest BCUT2D eigenvalue weighted by Crippen LogP contribution is 2.24. The molecule has 2 aromatic rings. The van der Waals surface area contributed by atoms with E-state index in [2.05, 4.69) is 46.5 Å². The van der Waals surface area contributed by atoms with Crippen LogP contribution in [0.25, 0.3) is 0 Å². The molecule has 0 saturated heterocycles. The molecule has 0 spiro atoms. The lowest BCUT2D eigenvalue weighted by atomic mass is 9.96. The molecule has 1 heterocycles. The van der Waals surface area contributed by atoms with Gasteiger partial charge in [-0.2, -0.15) is 0 Å². The van der Waals surface area contributed by atoms with Crippen molar-refractivity contribution in [3.8, 4) is 0 Å². The van der Waals surface area contributed by atoms with E-state index in [0.29, 0.717) is 0 Å². The molecule has 0 unspecified atom stereocenters. The predicted molar refractivity (Wildman–Crippen MR) is 81.8 cm³/mol. The SMILES string of the molecule is CCc1ccccc1CNc1ncnc2c1CCCC2. The normalized spacial score (nSPS) is 13.8. The number of aryl methyl sites for hydroxylation is 2. The summed E-state index contributed by atoms with van der Waals surface area (Å²) in [6.45, 7) is 3.04. The van der Waals surface area contributed by atoms with Gasteiger partial charge in [-0.3, -0.25) is 0 Å². The third-order valence-corrected chi connectivity index (χ3v) is 4.07. The van der Waals surface area contributed by atoms with Crippen LogP contribution in [0.3, 0.4) is 0 Å². The average molecular weight is 267 g/mol. The molecule has 1 aromatic carbocycles. The van der Waals surface area contributed by atoms with Crippen LogP contribution in [-0.2, 0) is 25.8 Å². The number of fused-ring (bicyclic) bond motifs is 1. The Balaban J connectivity index is 1.79. The highest BCUT2D eigenvalue weighted by molar-refractivity contribution is 5.47. The Bertz CT molecular complexity index is 593. The zero-order valence-corrected chi connectivity index (χ0v) is 12.0. The lowest BCUT2D eigenvalue weighted by Gasteiger charge is -2.18. The van der Waals surface area contributed by atoms with Gasteiger partial charge in [0.05, 0.1) is 0 Å². The van der Waals surface area contributed by atoms with Gasteiger partial charge >= 0.3 is 0 Å². The number of hydrogen-bond acceptors (Lipinski definition) is 3. The second-order valence-corrected chi connectivity index (χ2v) is 5.33. The molecule has 1 aliphatic rings. The molecule has 1 aliphatic carbocycles. The van der Waals surface area contributed by atoms with Gasteiger partial charge in [-0.1, -0.05) is 31.2 Å². The molecule has 1 N–H and O–H groups in total. The van der Waals surface area contributed by atoms with E-state index in [4.69, 9.17) is 0 Å². The summed E-state index contributed by atoms with van der Waals surface area (Å²) in [6.07, 6.45) is 7.46. The molecule has 0 saturated carbocycles. The summed E-state index contributed by atoms with van der Waals surface area (Å²) in [4.78, 5) is 8.86. The molecular formula is C17H21N3. The highest BCUT2D eigenvalue weighted by Gasteiger charge is 2.15. The zero-order chi connectivity index (χ0) is 13.8. The van der Waals surface area contributed by atoms with Gasteiger partial charge in [-0.05, 0) is 43.2 Å². The standard InChI is InChI=1S/C17H21N3/c1-2-13-7-3-4-8-14(13)11-18-17-15-9-5-6-10-16(15)19-12-20-17/h3-4,7-8,12H,2,5-6,9-11H2,1H3,(H,18,19,20). The molecular weight excluding hydrogens is 246 g/mol. The van der Waals surface area contributed by atoms with Crippen LogP contribution in [0.2, 0.25) is 0 Å². The summed E-state index contributed by atoms with van der Waals surface area (Å²) in [6, 6.07) is 8.60. The first kappa shape index (κ1) is 13.1. The number of anilines is 1. The Hall–Kier alpha value is -1.90. The van der Waals surface area contributed by atoms with Gasteiger partial charge in [-0.15, -0.1) is 0 Å². The summed E-state index contributed by atoms with van der Waals surface area (Å²) in [5.74, 6) is 1.03. The van der Waals surface area contributed by atoms with E-state index in [-0.39, 0.29) is 0 Å². The second-order valence-electron chi connectivity index (χ2n) is 5.33. The average Bonchev–Trinajstić information content (AvgIpc) is 2.53. The smallest absolute Gasteiger partial charge is 0.133 e. The van der Waals surface area contributed by atoms with Crippen LogP contribution in [0.4, 0.5) is 5.82 Å². The van der Waals surface area contributed by atoms with Gasteiger partial charge in [-0.25, -0.2) is 9.97 Å². The lowest BCUT2D eigenvalue weighted by Crippen LogP contribution is -2.12. The summed E-state index contributed by atoms with van der Waals surface area (Å²) >= 11 is 0. The molecule has 0 bridgehead atoms. The highest BCUT2D eigenvalue weighted by atomic mass is 15.0. The maximum absolute atomic E-state index is 4.44. The fraction of sp³-hybridized carbons (Fsp3) is 0.412. The molecule has 3 heteroatoms. The number of nitrogens with zero attached hydrogens (tertiary/aromatic N) is 2. The van der Waals surface area contributed by atoms with Crippen molar-refractivity contribution in [3.63, 3.8) is 0 Å². The van der Waals surface area contributed by atoms with Crippen molar-refractivity contribution in [3.05, 3.63) is 53.0 Å². The second kappa shape index (κ2) is 6.04. The van der Waals surface area contributed by atoms with Gasteiger partial charge in [0.15, 0.2) is 0 Å². The molecule has 20 heavy (non-hydrogen) atoms. The Morgan fingerprint density at radius 2 is 1.85 bits per heavy atom. The minimum Gasteiger partial charge on any atom is -0.366 e. The predicted octanol–water partition coefficient (Wildman–Crippen LogP) is 3.53. The van der Waals surface area contributed by atoms with E-state index >= 15 is 0 Å². The summed E-state index contributed by atoms with van der Waals surface area (Å²) in [5, 5.41) is 3.51. The molecule has 104 valence electrons. The number of aromatic nitrogens is 2. The first-order valence-corrected chi connectivity index (χ1v) is 7.52. The van der Waals surface area contributed by atoms with E-state index < -0.39 is 0 Å². The first-order chi connectivity index (χ1) is 9.88. The van der Waals surface area contributed by atoms with Gasteiger partial charge in [0.1, 0.15) is 12.1 Å². The van der Waals surface area contributed by atoms with Crippen LogP contribution in [0, 0.1) is 0 Å². The van der Waals surface area contributed by atoms with Crippen molar-refractivity contribution in [2.75, 3.05) is 5.32 Å². The minimum absolute atomic E-state index is 0.841. The summed E-state index contributed by atoms with van der Waals surface area (Å²) in [5.41, 5.74) is 5.33. The third kappa shape index (κ3) is 2.67. The Morgan fingerprint density at radius 3 is 2.70 bits per heavy atom. The van der Waals surface area contributed by atoms with E-state index in [9.17, 15) is 0 Å². The molecule has 3 nitrogen and oxygen atoms in total. The topological polar surface area (TPSA) is 37.8 Å². The molecule has 3 rings (SSSR count). The van der Waals surface area contributed by atoms with Crippen molar-refractivity contribution >= 4 is 5.82 Å². The van der Waals surface area contributed by atoms with Crippen LogP contribution in [-0.4, -0.2) is 9.97 Å². The number of rotatable bonds is 4. The minimum atomic E-state index is 0.841. The lowest BCUT2D eigenvalue weighted by molar-refractivity contribution is 0.663. The number of nitrogens with one attached hydrogen (secondary N) is 1. The van der Waals surface area contributed by atoms with Crippen LogP contribution < -0.4 is 5.32 Å². The van der Waals surface area contributed by atoms with E-state index in [0.717, 1.165) is 31.6 Å². The van der Waals surface area contributed by atoms with Gasteiger partial charge < -0.3 is 5.32 Å². The van der Waals surface area contributed by atoms with Crippen LogP contribution in [0.5, 0.6) is 0 Å². The molecule has 0 aliphatic heterocycles. The number of benzene rings is 1. The van der Waals surface area contributed by atoms with Crippen molar-refractivity contribution in [2.45, 2.75) is 45.6 Å². The van der Waals surface area contributed by atoms with Crippen molar-refractivity contribution in [1.29, 1.82) is 0 Å². The van der Waals surface area contributed by atoms with Crippen LogP contribution >= 0.6 is 0 Å². The van der Waals surface area contributed by atoms with Crippen LogP contribution in [0.1, 0.15) is 42.1 Å². The Morgan fingerprint density at radius 1 is 1.05 bits per heavy atom. The monoisotopic (exact) mass is 267 g/mol. The van der Waals surface area contributed by atoms with Crippen molar-refractivity contribution < 1.29 is 0 Å². The van der Waals surface area contributed by atoms with Crippen molar-refractivity contribution in [2.24, 2.45) is 0 Å². The maximum atomic E-state index is 4.44. The fourth-order valence-electron chi connectivity index (χ4n) is 2.93. The molecule has 1 aromatic heterocycles. The molecule has 0 atom stereocenters. The molecule has 0 fully saturated rings. The molecule has 0 amide bonds. The van der Waals surface area contributed by atoms with Gasteiger partial charge in [0, 0.05) is 17.8 Å². The fourth-order valence-corrected chi connectivity index (χ4v) is 2.93. The quantitative estimate of drug-likeness (QED) is 0.921. The maximum Gasteiger partial charge on any atom is 0.133 e. The van der Waals surface area contributed by atoms with Gasteiger partial charge in [0.2, 0.25) is 0 Å². The van der Waals surface area contributed by atoms with E-state index in [1.165, 1.54) is 35.2 Å². The largest absolute Gasteiger partial charge is 0.366 e. The first-order valence-electron chi connectivity index (χ1n) is 7.52. The van der Waals surface area contributed by atoms with E-state index in [1.807, 2.05) is 0 Å². The zero-order valence-electron chi connectivity index (χ0n) is 12.0. The van der Waals surface area contributed by atoms with Crippen LogP contribution in [0.15, 0.2) is 30.6 Å². The molecule has 0 radical (unpaired) electrons. The summed E-state index contributed by atoms with van der Waals surface area (Å²) in [7, 11) is 0. The van der Waals surface area contributed by atoms with Gasteiger partial charge in [0.25, 0.3) is 0 Å². The van der Waals surface area contributed by atoms with E-state index in [1.54, 1.807) is 6.33 Å². The third-order valence-electron chi connectivity index (χ3n) is 4.07.